The summed E-state index contributed by atoms with van der Waals surface area (Å²) in [5, 5.41) is 3.89. The fourth-order valence-electron chi connectivity index (χ4n) is 1.95. The zero-order chi connectivity index (χ0) is 14.8. The van der Waals surface area contributed by atoms with Crippen molar-refractivity contribution in [2.75, 3.05) is 5.73 Å². The van der Waals surface area contributed by atoms with Gasteiger partial charge < -0.3 is 10.3 Å². The summed E-state index contributed by atoms with van der Waals surface area (Å²) in [6.07, 6.45) is 0.502. The van der Waals surface area contributed by atoms with Gasteiger partial charge in [-0.15, -0.1) is 0 Å². The SMILES string of the molecule is Nc1ccc(-c2nc(Cc3ccccc3Br)no2)c(F)c1. The van der Waals surface area contributed by atoms with E-state index in [1.54, 1.807) is 6.07 Å². The first-order valence-electron chi connectivity index (χ1n) is 6.25. The average Bonchev–Trinajstić information content (AvgIpc) is 2.90. The fraction of sp³-hybridized carbons (Fsp3) is 0.0667. The van der Waals surface area contributed by atoms with Crippen LogP contribution in [0.3, 0.4) is 0 Å². The molecule has 3 aromatic rings. The third-order valence-electron chi connectivity index (χ3n) is 3.00. The van der Waals surface area contributed by atoms with Gasteiger partial charge in [0.2, 0.25) is 0 Å². The molecule has 0 aliphatic heterocycles. The average molecular weight is 348 g/mol. The van der Waals surface area contributed by atoms with Crippen LogP contribution in [0, 0.1) is 5.82 Å². The van der Waals surface area contributed by atoms with Crippen molar-refractivity contribution in [3.63, 3.8) is 0 Å². The molecule has 0 saturated carbocycles. The van der Waals surface area contributed by atoms with Crippen LogP contribution in [0.15, 0.2) is 51.5 Å². The molecule has 2 N–H and O–H groups in total. The van der Waals surface area contributed by atoms with Crippen LogP contribution in [0.25, 0.3) is 11.5 Å². The lowest BCUT2D eigenvalue weighted by Crippen LogP contribution is -1.93. The van der Waals surface area contributed by atoms with Crippen LogP contribution in [-0.4, -0.2) is 10.1 Å². The van der Waals surface area contributed by atoms with Crippen molar-refractivity contribution < 1.29 is 8.91 Å². The predicted octanol–water partition coefficient (Wildman–Crippen LogP) is 3.81. The molecule has 2 aromatic carbocycles. The second-order valence-electron chi connectivity index (χ2n) is 4.52. The van der Waals surface area contributed by atoms with Crippen LogP contribution in [0.5, 0.6) is 0 Å². The maximum absolute atomic E-state index is 13.8. The van der Waals surface area contributed by atoms with Gasteiger partial charge in [-0.1, -0.05) is 39.3 Å². The van der Waals surface area contributed by atoms with E-state index in [1.165, 1.54) is 12.1 Å². The number of rotatable bonds is 3. The topological polar surface area (TPSA) is 64.9 Å². The van der Waals surface area contributed by atoms with Crippen LogP contribution in [0.1, 0.15) is 11.4 Å². The highest BCUT2D eigenvalue weighted by molar-refractivity contribution is 9.10. The Labute approximate surface area is 128 Å². The molecular weight excluding hydrogens is 337 g/mol. The van der Waals surface area contributed by atoms with Gasteiger partial charge in [-0.25, -0.2) is 4.39 Å². The van der Waals surface area contributed by atoms with Gasteiger partial charge in [0.1, 0.15) is 5.82 Å². The van der Waals surface area contributed by atoms with Crippen LogP contribution >= 0.6 is 15.9 Å². The molecule has 6 heteroatoms. The zero-order valence-electron chi connectivity index (χ0n) is 10.9. The molecule has 0 spiro atoms. The Morgan fingerprint density at radius 3 is 2.76 bits per heavy atom. The quantitative estimate of drug-likeness (QED) is 0.731. The van der Waals surface area contributed by atoms with Crippen LogP contribution < -0.4 is 5.73 Å². The summed E-state index contributed by atoms with van der Waals surface area (Å²) in [5.41, 5.74) is 7.14. The minimum absolute atomic E-state index is 0.148. The molecule has 0 fully saturated rings. The number of nitrogens with two attached hydrogens (primary N) is 1. The molecular formula is C15H11BrFN3O. The van der Waals surface area contributed by atoms with Gasteiger partial charge in [-0.2, -0.15) is 4.98 Å². The third kappa shape index (κ3) is 2.95. The minimum Gasteiger partial charge on any atom is -0.399 e. The molecule has 21 heavy (non-hydrogen) atoms. The lowest BCUT2D eigenvalue weighted by atomic mass is 10.1. The van der Waals surface area contributed by atoms with Gasteiger partial charge in [-0.3, -0.25) is 0 Å². The Morgan fingerprint density at radius 1 is 1.19 bits per heavy atom. The first-order chi connectivity index (χ1) is 10.1. The Bertz CT molecular complexity index is 788. The highest BCUT2D eigenvalue weighted by atomic mass is 79.9. The lowest BCUT2D eigenvalue weighted by molar-refractivity contribution is 0.421. The second kappa shape index (κ2) is 5.65. The molecule has 4 nitrogen and oxygen atoms in total. The number of nitrogens with zero attached hydrogens (tertiary/aromatic N) is 2. The van der Waals surface area contributed by atoms with E-state index in [0.29, 0.717) is 17.9 Å². The van der Waals surface area contributed by atoms with E-state index in [2.05, 4.69) is 26.1 Å². The van der Waals surface area contributed by atoms with Crippen molar-refractivity contribution in [1.29, 1.82) is 0 Å². The van der Waals surface area contributed by atoms with E-state index in [0.717, 1.165) is 10.0 Å². The summed E-state index contributed by atoms with van der Waals surface area (Å²) in [4.78, 5) is 4.23. The van der Waals surface area contributed by atoms with Gasteiger partial charge >= 0.3 is 0 Å². The second-order valence-corrected chi connectivity index (χ2v) is 5.38. The predicted molar refractivity (Wildman–Crippen MR) is 81.1 cm³/mol. The monoisotopic (exact) mass is 347 g/mol. The lowest BCUT2D eigenvalue weighted by Gasteiger charge is -1.99. The van der Waals surface area contributed by atoms with Gasteiger partial charge in [-0.05, 0) is 29.8 Å². The highest BCUT2D eigenvalue weighted by Crippen LogP contribution is 2.24. The Morgan fingerprint density at radius 2 is 2.00 bits per heavy atom. The maximum atomic E-state index is 13.8. The molecule has 1 aromatic heterocycles. The third-order valence-corrected chi connectivity index (χ3v) is 3.77. The molecule has 0 atom stereocenters. The summed E-state index contributed by atoms with van der Waals surface area (Å²) in [7, 11) is 0. The molecule has 0 saturated heterocycles. The highest BCUT2D eigenvalue weighted by Gasteiger charge is 2.14. The van der Waals surface area contributed by atoms with Crippen molar-refractivity contribution in [2.24, 2.45) is 0 Å². The first kappa shape index (κ1) is 13.8. The number of hydrogen-bond donors (Lipinski definition) is 1. The summed E-state index contributed by atoms with van der Waals surface area (Å²) in [6.45, 7) is 0. The van der Waals surface area contributed by atoms with Crippen molar-refractivity contribution >= 4 is 21.6 Å². The van der Waals surface area contributed by atoms with Gasteiger partial charge in [0, 0.05) is 16.6 Å². The molecule has 0 radical (unpaired) electrons. The van der Waals surface area contributed by atoms with E-state index >= 15 is 0 Å². The van der Waals surface area contributed by atoms with Gasteiger partial charge in [0.25, 0.3) is 5.89 Å². The largest absolute Gasteiger partial charge is 0.399 e. The van der Waals surface area contributed by atoms with Crippen LogP contribution in [0.2, 0.25) is 0 Å². The maximum Gasteiger partial charge on any atom is 0.260 e. The minimum atomic E-state index is -0.480. The Hall–Kier alpha value is -2.21. The molecule has 0 amide bonds. The molecule has 106 valence electrons. The molecule has 0 unspecified atom stereocenters. The van der Waals surface area contributed by atoms with Crippen molar-refractivity contribution in [2.45, 2.75) is 6.42 Å². The van der Waals surface area contributed by atoms with Crippen LogP contribution in [-0.2, 0) is 6.42 Å². The zero-order valence-corrected chi connectivity index (χ0v) is 12.5. The molecule has 0 aliphatic carbocycles. The van der Waals surface area contributed by atoms with Crippen molar-refractivity contribution in [1.82, 2.24) is 10.1 Å². The summed E-state index contributed by atoms with van der Waals surface area (Å²) < 4.78 is 19.9. The van der Waals surface area contributed by atoms with E-state index in [4.69, 9.17) is 10.3 Å². The van der Waals surface area contributed by atoms with E-state index < -0.39 is 5.82 Å². The van der Waals surface area contributed by atoms with E-state index in [-0.39, 0.29) is 11.5 Å². The standard InChI is InChI=1S/C15H11BrFN3O/c16-12-4-2-1-3-9(12)7-14-19-15(21-20-14)11-6-5-10(18)8-13(11)17/h1-6,8H,7,18H2. The van der Waals surface area contributed by atoms with Crippen molar-refractivity contribution in [3.8, 4) is 11.5 Å². The summed E-state index contributed by atoms with van der Waals surface area (Å²) >= 11 is 3.46. The number of halogens is 2. The van der Waals surface area contributed by atoms with Gasteiger partial charge in [0.05, 0.1) is 5.56 Å². The Kier molecular flexibility index (Phi) is 3.70. The van der Waals surface area contributed by atoms with E-state index in [9.17, 15) is 4.39 Å². The number of benzene rings is 2. The molecule has 1 heterocycles. The number of hydrogen-bond acceptors (Lipinski definition) is 4. The number of nitrogen functional groups attached to an aromatic ring is 1. The van der Waals surface area contributed by atoms with Gasteiger partial charge in [0.15, 0.2) is 5.82 Å². The smallest absolute Gasteiger partial charge is 0.260 e. The summed E-state index contributed by atoms with van der Waals surface area (Å²) in [5.74, 6) is 0.161. The number of anilines is 1. The van der Waals surface area contributed by atoms with Crippen molar-refractivity contribution in [3.05, 3.63) is 64.1 Å². The molecule has 0 aliphatic rings. The van der Waals surface area contributed by atoms with E-state index in [1.807, 2.05) is 24.3 Å². The van der Waals surface area contributed by atoms with Crippen LogP contribution in [0.4, 0.5) is 10.1 Å². The first-order valence-corrected chi connectivity index (χ1v) is 7.04. The fourth-order valence-corrected chi connectivity index (χ4v) is 2.38. The molecule has 0 bridgehead atoms. The molecule has 3 rings (SSSR count). The summed E-state index contributed by atoms with van der Waals surface area (Å²) in [6, 6.07) is 12.1. The Balaban J connectivity index is 1.88. The normalized spacial score (nSPS) is 10.8. The number of aromatic nitrogens is 2.